The standard InChI is InChI=1S/C18H21N3O/c22-18(16-7-10-19-11-8-16)21-12-4-9-20-17(14-21)13-15-5-2-1-3-6-15/h1-3,5-8,10-11,17,20H,4,9,12-14H2. The summed E-state index contributed by atoms with van der Waals surface area (Å²) >= 11 is 0. The van der Waals surface area contributed by atoms with Gasteiger partial charge in [0.15, 0.2) is 0 Å². The molecule has 1 unspecified atom stereocenters. The smallest absolute Gasteiger partial charge is 0.254 e. The van der Waals surface area contributed by atoms with Gasteiger partial charge < -0.3 is 10.2 Å². The molecule has 1 saturated heterocycles. The molecule has 4 heteroatoms. The van der Waals surface area contributed by atoms with E-state index in [2.05, 4.69) is 34.6 Å². The molecule has 1 atom stereocenters. The monoisotopic (exact) mass is 295 g/mol. The molecule has 0 spiro atoms. The Hall–Kier alpha value is -2.20. The van der Waals surface area contributed by atoms with Gasteiger partial charge in [0.25, 0.3) is 5.91 Å². The van der Waals surface area contributed by atoms with Crippen molar-refractivity contribution in [2.24, 2.45) is 0 Å². The molecule has 1 amide bonds. The minimum atomic E-state index is 0.101. The number of carbonyl (C=O) groups is 1. The van der Waals surface area contributed by atoms with E-state index in [9.17, 15) is 4.79 Å². The topological polar surface area (TPSA) is 45.2 Å². The van der Waals surface area contributed by atoms with Gasteiger partial charge in [0, 0.05) is 37.1 Å². The predicted octanol–water partition coefficient (Wildman–Crippen LogP) is 2.13. The van der Waals surface area contributed by atoms with Gasteiger partial charge in [-0.15, -0.1) is 0 Å². The molecule has 1 aliphatic rings. The van der Waals surface area contributed by atoms with Crippen LogP contribution in [-0.2, 0) is 6.42 Å². The fourth-order valence-corrected chi connectivity index (χ4v) is 2.89. The molecule has 1 aromatic carbocycles. The van der Waals surface area contributed by atoms with Gasteiger partial charge in [0.1, 0.15) is 0 Å². The number of nitrogens with zero attached hydrogens (tertiary/aromatic N) is 2. The summed E-state index contributed by atoms with van der Waals surface area (Å²) < 4.78 is 0. The molecular weight excluding hydrogens is 274 g/mol. The fourth-order valence-electron chi connectivity index (χ4n) is 2.89. The van der Waals surface area contributed by atoms with Crippen LogP contribution >= 0.6 is 0 Å². The van der Waals surface area contributed by atoms with Crippen molar-refractivity contribution < 1.29 is 4.79 Å². The highest BCUT2D eigenvalue weighted by Gasteiger charge is 2.22. The summed E-state index contributed by atoms with van der Waals surface area (Å²) in [5, 5.41) is 3.56. The number of aromatic nitrogens is 1. The van der Waals surface area contributed by atoms with Crippen LogP contribution < -0.4 is 5.32 Å². The molecule has 4 nitrogen and oxygen atoms in total. The molecule has 114 valence electrons. The largest absolute Gasteiger partial charge is 0.337 e. The van der Waals surface area contributed by atoms with Crippen molar-refractivity contribution in [3.8, 4) is 0 Å². The van der Waals surface area contributed by atoms with Gasteiger partial charge in [0.2, 0.25) is 0 Å². The number of amides is 1. The molecule has 1 aliphatic heterocycles. The molecule has 1 aromatic heterocycles. The summed E-state index contributed by atoms with van der Waals surface area (Å²) in [6.45, 7) is 2.51. The van der Waals surface area contributed by atoms with Crippen LogP contribution in [0.3, 0.4) is 0 Å². The Morgan fingerprint density at radius 1 is 1.18 bits per heavy atom. The number of pyridine rings is 1. The second kappa shape index (κ2) is 7.18. The summed E-state index contributed by atoms with van der Waals surface area (Å²) in [5.41, 5.74) is 2.02. The molecule has 22 heavy (non-hydrogen) atoms. The fraction of sp³-hybridized carbons (Fsp3) is 0.333. The van der Waals surface area contributed by atoms with Gasteiger partial charge in [-0.3, -0.25) is 9.78 Å². The summed E-state index contributed by atoms with van der Waals surface area (Å²) in [5.74, 6) is 0.101. The Bertz CT molecular complexity index is 600. The Morgan fingerprint density at radius 2 is 1.95 bits per heavy atom. The summed E-state index contributed by atoms with van der Waals surface area (Å²) in [6.07, 6.45) is 5.28. The molecule has 0 aliphatic carbocycles. The lowest BCUT2D eigenvalue weighted by Gasteiger charge is -2.24. The van der Waals surface area contributed by atoms with Crippen molar-refractivity contribution in [3.63, 3.8) is 0 Å². The Kier molecular flexibility index (Phi) is 4.81. The van der Waals surface area contributed by atoms with E-state index in [-0.39, 0.29) is 5.91 Å². The summed E-state index contributed by atoms with van der Waals surface area (Å²) in [4.78, 5) is 18.6. The maximum Gasteiger partial charge on any atom is 0.254 e. The van der Waals surface area contributed by atoms with E-state index in [1.54, 1.807) is 24.5 Å². The van der Waals surface area contributed by atoms with Crippen LogP contribution in [0.15, 0.2) is 54.9 Å². The maximum atomic E-state index is 12.6. The lowest BCUT2D eigenvalue weighted by atomic mass is 10.1. The molecule has 0 saturated carbocycles. The van der Waals surface area contributed by atoms with Gasteiger partial charge >= 0.3 is 0 Å². The first-order valence-corrected chi connectivity index (χ1v) is 7.79. The van der Waals surface area contributed by atoms with E-state index in [0.717, 1.165) is 38.0 Å². The van der Waals surface area contributed by atoms with Crippen molar-refractivity contribution in [2.45, 2.75) is 18.9 Å². The van der Waals surface area contributed by atoms with Crippen LogP contribution in [0.4, 0.5) is 0 Å². The molecule has 2 aromatic rings. The first kappa shape index (κ1) is 14.7. The summed E-state index contributed by atoms with van der Waals surface area (Å²) in [6, 6.07) is 14.3. The van der Waals surface area contributed by atoms with Gasteiger partial charge in [-0.05, 0) is 37.1 Å². The summed E-state index contributed by atoms with van der Waals surface area (Å²) in [7, 11) is 0. The van der Waals surface area contributed by atoms with Crippen molar-refractivity contribution in [2.75, 3.05) is 19.6 Å². The van der Waals surface area contributed by atoms with Crippen LogP contribution in [0.1, 0.15) is 22.3 Å². The van der Waals surface area contributed by atoms with Crippen molar-refractivity contribution in [1.29, 1.82) is 0 Å². The lowest BCUT2D eigenvalue weighted by Crippen LogP contribution is -2.41. The predicted molar refractivity (Wildman–Crippen MR) is 86.7 cm³/mol. The highest BCUT2D eigenvalue weighted by atomic mass is 16.2. The van der Waals surface area contributed by atoms with Crippen LogP contribution in [0.2, 0.25) is 0 Å². The van der Waals surface area contributed by atoms with E-state index in [0.29, 0.717) is 6.04 Å². The van der Waals surface area contributed by atoms with E-state index < -0.39 is 0 Å². The van der Waals surface area contributed by atoms with E-state index in [4.69, 9.17) is 0 Å². The molecular formula is C18H21N3O. The van der Waals surface area contributed by atoms with Gasteiger partial charge in [0.05, 0.1) is 0 Å². The molecule has 2 heterocycles. The zero-order valence-corrected chi connectivity index (χ0v) is 12.6. The highest BCUT2D eigenvalue weighted by Crippen LogP contribution is 2.11. The van der Waals surface area contributed by atoms with Crippen LogP contribution in [-0.4, -0.2) is 41.5 Å². The average molecular weight is 295 g/mol. The van der Waals surface area contributed by atoms with Gasteiger partial charge in [-0.2, -0.15) is 0 Å². The Morgan fingerprint density at radius 3 is 2.73 bits per heavy atom. The van der Waals surface area contributed by atoms with E-state index in [1.165, 1.54) is 5.56 Å². The van der Waals surface area contributed by atoms with Crippen molar-refractivity contribution >= 4 is 5.91 Å². The number of carbonyl (C=O) groups excluding carboxylic acids is 1. The molecule has 0 bridgehead atoms. The van der Waals surface area contributed by atoms with Crippen LogP contribution in [0.25, 0.3) is 0 Å². The molecule has 3 rings (SSSR count). The third-order valence-corrected chi connectivity index (χ3v) is 4.02. The molecule has 1 N–H and O–H groups in total. The minimum absolute atomic E-state index is 0.101. The molecule has 1 fully saturated rings. The SMILES string of the molecule is O=C(c1ccncc1)N1CCCNC(Cc2ccccc2)C1. The number of hydrogen-bond donors (Lipinski definition) is 1. The van der Waals surface area contributed by atoms with E-state index >= 15 is 0 Å². The Balaban J connectivity index is 1.69. The first-order chi connectivity index (χ1) is 10.8. The third-order valence-electron chi connectivity index (χ3n) is 4.02. The van der Waals surface area contributed by atoms with Gasteiger partial charge in [-0.1, -0.05) is 30.3 Å². The molecule has 0 radical (unpaired) electrons. The lowest BCUT2D eigenvalue weighted by molar-refractivity contribution is 0.0753. The minimum Gasteiger partial charge on any atom is -0.337 e. The van der Waals surface area contributed by atoms with Crippen molar-refractivity contribution in [1.82, 2.24) is 15.2 Å². The second-order valence-electron chi connectivity index (χ2n) is 5.68. The zero-order valence-electron chi connectivity index (χ0n) is 12.6. The second-order valence-corrected chi connectivity index (χ2v) is 5.68. The quantitative estimate of drug-likeness (QED) is 0.943. The number of benzene rings is 1. The number of nitrogens with one attached hydrogen (secondary N) is 1. The average Bonchev–Trinajstić information content (AvgIpc) is 2.81. The highest BCUT2D eigenvalue weighted by molar-refractivity contribution is 5.94. The Labute approximate surface area is 131 Å². The zero-order chi connectivity index (χ0) is 15.2. The number of rotatable bonds is 3. The third kappa shape index (κ3) is 3.71. The van der Waals surface area contributed by atoms with Gasteiger partial charge in [-0.25, -0.2) is 0 Å². The van der Waals surface area contributed by atoms with Crippen molar-refractivity contribution in [3.05, 3.63) is 66.0 Å². The number of hydrogen-bond acceptors (Lipinski definition) is 3. The van der Waals surface area contributed by atoms with Crippen LogP contribution in [0.5, 0.6) is 0 Å². The van der Waals surface area contributed by atoms with Crippen LogP contribution in [0, 0.1) is 0 Å². The normalized spacial score (nSPS) is 18.7. The van der Waals surface area contributed by atoms with E-state index in [1.807, 2.05) is 11.0 Å². The first-order valence-electron chi connectivity index (χ1n) is 7.79. The maximum absolute atomic E-state index is 12.6.